The average molecular weight is 612 g/mol. The fraction of sp³-hybridized carbons (Fsp3) is 0.375. The molecule has 2 amide bonds. The quantitative estimate of drug-likeness (QED) is 0.304. The Hall–Kier alpha value is -3.56. The lowest BCUT2D eigenvalue weighted by Gasteiger charge is -2.35. The highest BCUT2D eigenvalue weighted by molar-refractivity contribution is 7.92. The van der Waals surface area contributed by atoms with Crippen LogP contribution in [0.25, 0.3) is 0 Å². The van der Waals surface area contributed by atoms with Crippen molar-refractivity contribution >= 4 is 39.1 Å². The lowest BCUT2D eigenvalue weighted by molar-refractivity contribution is -0.140. The molecule has 10 heteroatoms. The van der Waals surface area contributed by atoms with Crippen LogP contribution in [0.2, 0.25) is 5.02 Å². The summed E-state index contributed by atoms with van der Waals surface area (Å²) in [5, 5.41) is 3.65. The van der Waals surface area contributed by atoms with Gasteiger partial charge < -0.3 is 15.0 Å². The molecule has 0 spiro atoms. The standard InChI is InChI=1S/C32H38ClN3O5S/c1-41-28-19-17-27(18-20-28)36(42(2,39)40)23-31(37)35(22-25-13-9-10-16-29(25)33)30(21-24-11-5-3-6-12-24)32(38)34-26-14-7-4-8-15-26/h3,5-6,9-13,16-20,26,30H,4,7-8,14-15,21-23H2,1-2H3,(H,34,38)/t30-/m1/s1. The third-order valence-corrected chi connectivity index (χ3v) is 9.07. The second-order valence-electron chi connectivity index (χ2n) is 10.6. The van der Waals surface area contributed by atoms with Crippen LogP contribution < -0.4 is 14.4 Å². The second kappa shape index (κ2) is 14.6. The zero-order chi connectivity index (χ0) is 30.1. The summed E-state index contributed by atoms with van der Waals surface area (Å²) in [5.74, 6) is -0.224. The molecule has 1 aliphatic carbocycles. The van der Waals surface area contributed by atoms with Gasteiger partial charge in [0, 0.05) is 24.0 Å². The normalized spacial score (nSPS) is 14.5. The number of hydrogen-bond donors (Lipinski definition) is 1. The number of ether oxygens (including phenoxy) is 1. The molecule has 1 saturated carbocycles. The number of nitrogens with one attached hydrogen (secondary N) is 1. The van der Waals surface area contributed by atoms with Gasteiger partial charge in [-0.3, -0.25) is 13.9 Å². The fourth-order valence-corrected chi connectivity index (χ4v) is 6.32. The van der Waals surface area contributed by atoms with Crippen molar-refractivity contribution in [1.82, 2.24) is 10.2 Å². The maximum Gasteiger partial charge on any atom is 0.244 e. The summed E-state index contributed by atoms with van der Waals surface area (Å²) < 4.78 is 32.1. The Bertz CT molecular complexity index is 1440. The van der Waals surface area contributed by atoms with Gasteiger partial charge in [0.1, 0.15) is 18.3 Å². The van der Waals surface area contributed by atoms with Crippen LogP contribution in [0.15, 0.2) is 78.9 Å². The summed E-state index contributed by atoms with van der Waals surface area (Å²) in [7, 11) is -2.34. The van der Waals surface area contributed by atoms with E-state index < -0.39 is 28.5 Å². The molecule has 3 aromatic carbocycles. The first kappa shape index (κ1) is 31.4. The van der Waals surface area contributed by atoms with Gasteiger partial charge in [-0.05, 0) is 54.3 Å². The van der Waals surface area contributed by atoms with E-state index in [0.29, 0.717) is 22.0 Å². The van der Waals surface area contributed by atoms with Crippen LogP contribution in [0.3, 0.4) is 0 Å². The molecule has 1 N–H and O–H groups in total. The summed E-state index contributed by atoms with van der Waals surface area (Å²) in [5.41, 5.74) is 1.86. The number of methoxy groups -OCH3 is 1. The molecular formula is C32H38ClN3O5S. The van der Waals surface area contributed by atoms with Crippen LogP contribution in [0, 0.1) is 0 Å². The highest BCUT2D eigenvalue weighted by Gasteiger charge is 2.34. The highest BCUT2D eigenvalue weighted by Crippen LogP contribution is 2.25. The van der Waals surface area contributed by atoms with Gasteiger partial charge in [0.05, 0.1) is 19.1 Å². The molecule has 8 nitrogen and oxygen atoms in total. The minimum Gasteiger partial charge on any atom is -0.497 e. The number of amides is 2. The number of hydrogen-bond acceptors (Lipinski definition) is 5. The molecule has 1 atom stereocenters. The number of carbonyl (C=O) groups is 2. The number of halogens is 1. The number of carbonyl (C=O) groups excluding carboxylic acids is 2. The summed E-state index contributed by atoms with van der Waals surface area (Å²) >= 11 is 6.52. The molecule has 3 aromatic rings. The lowest BCUT2D eigenvalue weighted by Crippen LogP contribution is -2.55. The predicted octanol–water partition coefficient (Wildman–Crippen LogP) is 5.20. The van der Waals surface area contributed by atoms with E-state index in [1.54, 1.807) is 42.5 Å². The van der Waals surface area contributed by atoms with Gasteiger partial charge in [0.25, 0.3) is 0 Å². The summed E-state index contributed by atoms with van der Waals surface area (Å²) in [6, 6.07) is 22.2. The van der Waals surface area contributed by atoms with Gasteiger partial charge in [-0.15, -0.1) is 0 Å². The Morgan fingerprint density at radius 3 is 2.21 bits per heavy atom. The van der Waals surface area contributed by atoms with E-state index in [-0.39, 0.29) is 24.9 Å². The van der Waals surface area contributed by atoms with Gasteiger partial charge in [-0.2, -0.15) is 0 Å². The minimum absolute atomic E-state index is 0.0357. The van der Waals surface area contributed by atoms with E-state index in [4.69, 9.17) is 16.3 Å². The smallest absolute Gasteiger partial charge is 0.244 e. The molecule has 1 aliphatic rings. The van der Waals surface area contributed by atoms with Gasteiger partial charge >= 0.3 is 0 Å². The zero-order valence-corrected chi connectivity index (χ0v) is 25.6. The van der Waals surface area contributed by atoms with E-state index in [9.17, 15) is 18.0 Å². The zero-order valence-electron chi connectivity index (χ0n) is 24.0. The van der Waals surface area contributed by atoms with Crippen molar-refractivity contribution < 1.29 is 22.7 Å². The van der Waals surface area contributed by atoms with E-state index in [0.717, 1.165) is 48.2 Å². The van der Waals surface area contributed by atoms with E-state index in [1.165, 1.54) is 12.0 Å². The Morgan fingerprint density at radius 1 is 0.952 bits per heavy atom. The first-order chi connectivity index (χ1) is 20.2. The number of anilines is 1. The highest BCUT2D eigenvalue weighted by atomic mass is 35.5. The number of benzene rings is 3. The molecular weight excluding hydrogens is 574 g/mol. The van der Waals surface area contributed by atoms with Gasteiger partial charge in [0.2, 0.25) is 21.8 Å². The molecule has 0 bridgehead atoms. The molecule has 0 unspecified atom stereocenters. The first-order valence-electron chi connectivity index (χ1n) is 14.1. The molecule has 0 saturated heterocycles. The van der Waals surface area contributed by atoms with E-state index in [2.05, 4.69) is 5.32 Å². The van der Waals surface area contributed by atoms with Crippen LogP contribution in [0.4, 0.5) is 5.69 Å². The predicted molar refractivity (Wildman–Crippen MR) is 166 cm³/mol. The summed E-state index contributed by atoms with van der Waals surface area (Å²) in [6.07, 6.45) is 6.33. The second-order valence-corrected chi connectivity index (χ2v) is 12.9. The van der Waals surface area contributed by atoms with Crippen molar-refractivity contribution in [3.05, 3.63) is 95.0 Å². The number of nitrogens with zero attached hydrogens (tertiary/aromatic N) is 2. The molecule has 224 valence electrons. The Labute approximate surface area is 253 Å². The summed E-state index contributed by atoms with van der Waals surface area (Å²) in [4.78, 5) is 29.7. The van der Waals surface area contributed by atoms with Gasteiger partial charge in [-0.25, -0.2) is 8.42 Å². The molecule has 1 fully saturated rings. The topological polar surface area (TPSA) is 96.0 Å². The number of rotatable bonds is 12. The van der Waals surface area contributed by atoms with Gasteiger partial charge in [-0.1, -0.05) is 79.4 Å². The van der Waals surface area contributed by atoms with Crippen LogP contribution in [-0.4, -0.2) is 57.1 Å². The SMILES string of the molecule is COc1ccc(N(CC(=O)N(Cc2ccccc2Cl)[C@H](Cc2ccccc2)C(=O)NC2CCCCC2)S(C)(=O)=O)cc1. The Morgan fingerprint density at radius 2 is 1.60 bits per heavy atom. The number of sulfonamides is 1. The van der Waals surface area contributed by atoms with Crippen LogP contribution >= 0.6 is 11.6 Å². The maximum atomic E-state index is 14.2. The molecule has 0 heterocycles. The van der Waals surface area contributed by atoms with Crippen molar-refractivity contribution in [2.75, 3.05) is 24.2 Å². The van der Waals surface area contributed by atoms with E-state index >= 15 is 0 Å². The monoisotopic (exact) mass is 611 g/mol. The van der Waals surface area contributed by atoms with Crippen LogP contribution in [0.1, 0.15) is 43.2 Å². The van der Waals surface area contributed by atoms with Crippen molar-refractivity contribution in [3.63, 3.8) is 0 Å². The third-order valence-electron chi connectivity index (χ3n) is 7.56. The molecule has 0 aliphatic heterocycles. The Kier molecular flexibility index (Phi) is 10.9. The average Bonchev–Trinajstić information content (AvgIpc) is 2.99. The molecule has 0 aromatic heterocycles. The first-order valence-corrected chi connectivity index (χ1v) is 16.4. The van der Waals surface area contributed by atoms with Crippen molar-refractivity contribution in [3.8, 4) is 5.75 Å². The van der Waals surface area contributed by atoms with Crippen molar-refractivity contribution in [1.29, 1.82) is 0 Å². The molecule has 4 rings (SSSR count). The molecule has 0 radical (unpaired) electrons. The van der Waals surface area contributed by atoms with Crippen molar-refractivity contribution in [2.45, 2.75) is 57.2 Å². The lowest BCUT2D eigenvalue weighted by atomic mass is 9.94. The Balaban J connectivity index is 1.72. The minimum atomic E-state index is -3.86. The summed E-state index contributed by atoms with van der Waals surface area (Å²) in [6.45, 7) is -0.452. The molecule has 42 heavy (non-hydrogen) atoms. The maximum absolute atomic E-state index is 14.2. The van der Waals surface area contributed by atoms with Crippen LogP contribution in [0.5, 0.6) is 5.75 Å². The fourth-order valence-electron chi connectivity index (χ4n) is 5.27. The van der Waals surface area contributed by atoms with Gasteiger partial charge in [0.15, 0.2) is 0 Å². The van der Waals surface area contributed by atoms with Crippen molar-refractivity contribution in [2.24, 2.45) is 0 Å². The third kappa shape index (κ3) is 8.49. The largest absolute Gasteiger partial charge is 0.497 e. The van der Waals surface area contributed by atoms with E-state index in [1.807, 2.05) is 36.4 Å². The van der Waals surface area contributed by atoms with Crippen LogP contribution in [-0.2, 0) is 32.6 Å².